The Morgan fingerprint density at radius 1 is 1.11 bits per heavy atom. The molecule has 0 unspecified atom stereocenters. The van der Waals surface area contributed by atoms with Gasteiger partial charge in [-0.1, -0.05) is 42.5 Å². The number of carbonyl (C=O) groups is 1. The highest BCUT2D eigenvalue weighted by molar-refractivity contribution is 5.83. The SMILES string of the molecule is O=C(O)[C@H]1CNC[C@@H]1c1ccc2ccccc2c1. The van der Waals surface area contributed by atoms with E-state index in [2.05, 4.69) is 35.6 Å². The first-order valence-corrected chi connectivity index (χ1v) is 6.18. The maximum atomic E-state index is 11.2. The molecule has 18 heavy (non-hydrogen) atoms. The number of hydrogen-bond donors (Lipinski definition) is 2. The summed E-state index contributed by atoms with van der Waals surface area (Å²) in [6.45, 7) is 1.31. The number of rotatable bonds is 2. The molecule has 0 amide bonds. The minimum Gasteiger partial charge on any atom is -0.481 e. The lowest BCUT2D eigenvalue weighted by atomic mass is 9.88. The smallest absolute Gasteiger partial charge is 0.308 e. The van der Waals surface area contributed by atoms with E-state index in [1.807, 2.05) is 12.1 Å². The fourth-order valence-electron chi connectivity index (χ4n) is 2.73. The van der Waals surface area contributed by atoms with Gasteiger partial charge in [-0.3, -0.25) is 4.79 Å². The second kappa shape index (κ2) is 4.42. The van der Waals surface area contributed by atoms with Crippen LogP contribution in [0.4, 0.5) is 0 Å². The second-order valence-corrected chi connectivity index (χ2v) is 4.82. The predicted molar refractivity (Wildman–Crippen MR) is 70.7 cm³/mol. The summed E-state index contributed by atoms with van der Waals surface area (Å²) in [4.78, 5) is 11.2. The first-order chi connectivity index (χ1) is 8.75. The van der Waals surface area contributed by atoms with Crippen LogP contribution in [0.1, 0.15) is 11.5 Å². The minimum atomic E-state index is -0.710. The molecule has 0 aliphatic carbocycles. The summed E-state index contributed by atoms with van der Waals surface area (Å²) in [6, 6.07) is 14.4. The zero-order valence-corrected chi connectivity index (χ0v) is 9.97. The average Bonchev–Trinajstić information content (AvgIpc) is 2.87. The molecule has 0 saturated carbocycles. The van der Waals surface area contributed by atoms with Crippen LogP contribution in [0.15, 0.2) is 42.5 Å². The molecule has 1 aliphatic heterocycles. The van der Waals surface area contributed by atoms with Gasteiger partial charge in [0.1, 0.15) is 0 Å². The van der Waals surface area contributed by atoms with Gasteiger partial charge in [0.05, 0.1) is 5.92 Å². The van der Waals surface area contributed by atoms with E-state index in [0.717, 1.165) is 12.1 Å². The number of nitrogens with one attached hydrogen (secondary N) is 1. The predicted octanol–water partition coefficient (Wildman–Crippen LogP) is 2.23. The van der Waals surface area contributed by atoms with Gasteiger partial charge in [0.15, 0.2) is 0 Å². The van der Waals surface area contributed by atoms with Crippen LogP contribution in [-0.2, 0) is 4.79 Å². The Hall–Kier alpha value is -1.87. The van der Waals surface area contributed by atoms with Crippen LogP contribution in [0.3, 0.4) is 0 Å². The summed E-state index contributed by atoms with van der Waals surface area (Å²) < 4.78 is 0. The third-order valence-corrected chi connectivity index (χ3v) is 3.73. The average molecular weight is 241 g/mol. The molecule has 1 heterocycles. The Bertz CT molecular complexity index is 594. The quantitative estimate of drug-likeness (QED) is 0.847. The van der Waals surface area contributed by atoms with E-state index in [0.29, 0.717) is 6.54 Å². The zero-order valence-electron chi connectivity index (χ0n) is 9.97. The van der Waals surface area contributed by atoms with Gasteiger partial charge in [-0.15, -0.1) is 0 Å². The van der Waals surface area contributed by atoms with Gasteiger partial charge >= 0.3 is 5.97 Å². The molecule has 2 atom stereocenters. The van der Waals surface area contributed by atoms with Crippen molar-refractivity contribution in [3.63, 3.8) is 0 Å². The first-order valence-electron chi connectivity index (χ1n) is 6.18. The van der Waals surface area contributed by atoms with Crippen molar-refractivity contribution >= 4 is 16.7 Å². The summed E-state index contributed by atoms with van der Waals surface area (Å²) >= 11 is 0. The molecule has 1 fully saturated rings. The molecule has 2 aromatic rings. The molecule has 0 radical (unpaired) electrons. The summed E-state index contributed by atoms with van der Waals surface area (Å²) in [5, 5.41) is 14.8. The Morgan fingerprint density at radius 2 is 1.89 bits per heavy atom. The third-order valence-electron chi connectivity index (χ3n) is 3.73. The van der Waals surface area contributed by atoms with E-state index in [9.17, 15) is 9.90 Å². The second-order valence-electron chi connectivity index (χ2n) is 4.82. The van der Waals surface area contributed by atoms with Crippen molar-refractivity contribution in [3.8, 4) is 0 Å². The maximum absolute atomic E-state index is 11.2. The van der Waals surface area contributed by atoms with Crippen molar-refractivity contribution in [2.75, 3.05) is 13.1 Å². The van der Waals surface area contributed by atoms with E-state index >= 15 is 0 Å². The fourth-order valence-corrected chi connectivity index (χ4v) is 2.73. The van der Waals surface area contributed by atoms with Crippen molar-refractivity contribution in [3.05, 3.63) is 48.0 Å². The van der Waals surface area contributed by atoms with Gasteiger partial charge in [0, 0.05) is 19.0 Å². The number of aliphatic carboxylic acids is 1. The van der Waals surface area contributed by atoms with Crippen molar-refractivity contribution in [1.82, 2.24) is 5.32 Å². The lowest BCUT2D eigenvalue weighted by Gasteiger charge is -2.15. The van der Waals surface area contributed by atoms with Gasteiger partial charge in [-0.2, -0.15) is 0 Å². The standard InChI is InChI=1S/C15H15NO2/c17-15(18)14-9-16-8-13(14)12-6-5-10-3-1-2-4-11(10)7-12/h1-7,13-14,16H,8-9H2,(H,17,18)/t13-,14+/m1/s1. The summed E-state index contributed by atoms with van der Waals surface area (Å²) in [5.41, 5.74) is 1.12. The van der Waals surface area contributed by atoms with Crippen LogP contribution in [0.5, 0.6) is 0 Å². The minimum absolute atomic E-state index is 0.0760. The topological polar surface area (TPSA) is 49.3 Å². The zero-order chi connectivity index (χ0) is 12.5. The van der Waals surface area contributed by atoms with Gasteiger partial charge in [0.25, 0.3) is 0 Å². The highest BCUT2D eigenvalue weighted by atomic mass is 16.4. The molecule has 3 heteroatoms. The lowest BCUT2D eigenvalue weighted by molar-refractivity contribution is -0.141. The maximum Gasteiger partial charge on any atom is 0.308 e. The summed E-state index contributed by atoms with van der Waals surface area (Å²) in [7, 11) is 0. The monoisotopic (exact) mass is 241 g/mol. The Labute approximate surface area is 105 Å². The normalized spacial score (nSPS) is 23.3. The Balaban J connectivity index is 2.01. The molecule has 1 saturated heterocycles. The van der Waals surface area contributed by atoms with Gasteiger partial charge in [-0.05, 0) is 16.3 Å². The number of hydrogen-bond acceptors (Lipinski definition) is 2. The van der Waals surface area contributed by atoms with E-state index in [1.165, 1.54) is 10.8 Å². The van der Waals surface area contributed by atoms with Gasteiger partial charge in [-0.25, -0.2) is 0 Å². The van der Waals surface area contributed by atoms with Crippen LogP contribution in [0.25, 0.3) is 10.8 Å². The van der Waals surface area contributed by atoms with Crippen LogP contribution < -0.4 is 5.32 Å². The Kier molecular flexibility index (Phi) is 2.76. The molecule has 0 bridgehead atoms. The summed E-state index contributed by atoms with van der Waals surface area (Å²) in [6.07, 6.45) is 0. The van der Waals surface area contributed by atoms with Crippen molar-refractivity contribution in [2.45, 2.75) is 5.92 Å². The number of carboxylic acid groups (broad SMARTS) is 1. The van der Waals surface area contributed by atoms with Crippen molar-refractivity contribution in [2.24, 2.45) is 5.92 Å². The lowest BCUT2D eigenvalue weighted by Crippen LogP contribution is -2.20. The van der Waals surface area contributed by atoms with Crippen LogP contribution in [-0.4, -0.2) is 24.2 Å². The van der Waals surface area contributed by atoms with Crippen molar-refractivity contribution in [1.29, 1.82) is 0 Å². The summed E-state index contributed by atoms with van der Waals surface area (Å²) in [5.74, 6) is -0.948. The van der Waals surface area contributed by atoms with E-state index in [4.69, 9.17) is 0 Å². The fraction of sp³-hybridized carbons (Fsp3) is 0.267. The highest BCUT2D eigenvalue weighted by Crippen LogP contribution is 2.30. The van der Waals surface area contributed by atoms with Gasteiger partial charge < -0.3 is 10.4 Å². The van der Waals surface area contributed by atoms with Crippen LogP contribution in [0.2, 0.25) is 0 Å². The molecule has 92 valence electrons. The number of fused-ring (bicyclic) bond motifs is 1. The highest BCUT2D eigenvalue weighted by Gasteiger charge is 2.33. The van der Waals surface area contributed by atoms with E-state index in [-0.39, 0.29) is 11.8 Å². The van der Waals surface area contributed by atoms with Crippen molar-refractivity contribution < 1.29 is 9.90 Å². The largest absolute Gasteiger partial charge is 0.481 e. The first kappa shape index (κ1) is 11.2. The molecule has 3 nitrogen and oxygen atoms in total. The van der Waals surface area contributed by atoms with Crippen LogP contribution >= 0.6 is 0 Å². The molecule has 0 spiro atoms. The van der Waals surface area contributed by atoms with E-state index < -0.39 is 5.97 Å². The van der Waals surface area contributed by atoms with E-state index in [1.54, 1.807) is 0 Å². The number of carboxylic acids is 1. The molecule has 1 aliphatic rings. The molecule has 2 aromatic carbocycles. The molecular formula is C15H15NO2. The molecule has 0 aromatic heterocycles. The van der Waals surface area contributed by atoms with Gasteiger partial charge in [0.2, 0.25) is 0 Å². The molecule has 3 rings (SSSR count). The number of benzene rings is 2. The molecule has 2 N–H and O–H groups in total. The third kappa shape index (κ3) is 1.87. The van der Waals surface area contributed by atoms with Crippen LogP contribution in [0, 0.1) is 5.92 Å². The Morgan fingerprint density at radius 3 is 2.67 bits per heavy atom. The molecular weight excluding hydrogens is 226 g/mol.